The molecule has 0 aliphatic heterocycles. The molecule has 0 atom stereocenters. The number of imidazole rings is 1. The molecule has 0 aliphatic carbocycles. The molecule has 2 N–H and O–H groups in total. The number of benzene rings is 1. The Bertz CT molecular complexity index is 1130. The Labute approximate surface area is 161 Å². The number of nitrogens with zero attached hydrogens (tertiary/aromatic N) is 4. The van der Waals surface area contributed by atoms with Crippen molar-refractivity contribution in [2.45, 2.75) is 20.0 Å². The monoisotopic (exact) mass is 376 g/mol. The lowest BCUT2D eigenvalue weighted by atomic mass is 10.3. The third-order valence-electron chi connectivity index (χ3n) is 4.51. The van der Waals surface area contributed by atoms with Crippen LogP contribution in [-0.4, -0.2) is 37.5 Å². The number of carbonyl (C=O) groups is 2. The summed E-state index contributed by atoms with van der Waals surface area (Å²) >= 11 is 0. The molecular formula is C20H20N6O2. The number of pyridine rings is 1. The van der Waals surface area contributed by atoms with Crippen LogP contribution >= 0.6 is 0 Å². The van der Waals surface area contributed by atoms with Crippen molar-refractivity contribution in [1.82, 2.24) is 29.8 Å². The average Bonchev–Trinajstić information content (AvgIpc) is 3.31. The molecule has 1 aromatic carbocycles. The Hall–Kier alpha value is -3.68. The van der Waals surface area contributed by atoms with Gasteiger partial charge in [0.15, 0.2) is 5.69 Å². The first-order valence-electron chi connectivity index (χ1n) is 9.09. The molecule has 2 amide bonds. The summed E-state index contributed by atoms with van der Waals surface area (Å²) in [6.45, 7) is 2.97. The van der Waals surface area contributed by atoms with E-state index >= 15 is 0 Å². The number of carbonyl (C=O) groups excluding carboxylic acids is 2. The first kappa shape index (κ1) is 17.7. The fraction of sp³-hybridized carbons (Fsp3) is 0.200. The molecule has 0 saturated heterocycles. The summed E-state index contributed by atoms with van der Waals surface area (Å²) in [6.07, 6.45) is 1.76. The second-order valence-corrected chi connectivity index (χ2v) is 6.32. The van der Waals surface area contributed by atoms with Crippen molar-refractivity contribution in [3.8, 4) is 0 Å². The number of aromatic nitrogens is 4. The van der Waals surface area contributed by atoms with E-state index < -0.39 is 0 Å². The molecule has 4 rings (SSSR count). The molecule has 0 fully saturated rings. The Kier molecular flexibility index (Phi) is 4.76. The van der Waals surface area contributed by atoms with Crippen molar-refractivity contribution in [3.05, 3.63) is 66.2 Å². The van der Waals surface area contributed by atoms with Gasteiger partial charge in [-0.2, -0.15) is 5.10 Å². The normalized spacial score (nSPS) is 11.0. The van der Waals surface area contributed by atoms with Crippen LogP contribution < -0.4 is 10.6 Å². The molecule has 3 heterocycles. The highest BCUT2D eigenvalue weighted by Crippen LogP contribution is 2.15. The summed E-state index contributed by atoms with van der Waals surface area (Å²) < 4.78 is 3.68. The minimum atomic E-state index is -0.389. The lowest BCUT2D eigenvalue weighted by Gasteiger charge is -2.08. The van der Waals surface area contributed by atoms with Crippen molar-refractivity contribution in [2.75, 3.05) is 6.54 Å². The van der Waals surface area contributed by atoms with E-state index in [4.69, 9.17) is 0 Å². The maximum atomic E-state index is 12.2. The summed E-state index contributed by atoms with van der Waals surface area (Å²) in [5.74, 6) is 0.107. The first-order chi connectivity index (χ1) is 13.7. The van der Waals surface area contributed by atoms with Gasteiger partial charge in [0.1, 0.15) is 5.82 Å². The lowest BCUT2D eigenvalue weighted by molar-refractivity contribution is -0.120. The zero-order valence-corrected chi connectivity index (χ0v) is 15.4. The van der Waals surface area contributed by atoms with E-state index in [0.29, 0.717) is 6.54 Å². The summed E-state index contributed by atoms with van der Waals surface area (Å²) in [5.41, 5.74) is 3.02. The van der Waals surface area contributed by atoms with Crippen LogP contribution in [0, 0.1) is 0 Å². The van der Waals surface area contributed by atoms with Crippen LogP contribution in [0.15, 0.2) is 54.7 Å². The summed E-state index contributed by atoms with van der Waals surface area (Å²) in [7, 11) is 0. The quantitative estimate of drug-likeness (QED) is 0.536. The van der Waals surface area contributed by atoms with Crippen molar-refractivity contribution in [1.29, 1.82) is 0 Å². The van der Waals surface area contributed by atoms with E-state index in [1.807, 2.05) is 49.4 Å². The second-order valence-electron chi connectivity index (χ2n) is 6.32. The highest BCUT2D eigenvalue weighted by atomic mass is 16.2. The van der Waals surface area contributed by atoms with Gasteiger partial charge in [0.25, 0.3) is 5.91 Å². The van der Waals surface area contributed by atoms with Crippen LogP contribution in [0.3, 0.4) is 0 Å². The average molecular weight is 376 g/mol. The molecular weight excluding hydrogens is 356 g/mol. The number of rotatable bonds is 6. The number of hydrogen-bond donors (Lipinski definition) is 2. The van der Waals surface area contributed by atoms with Gasteiger partial charge in [-0.25, -0.2) is 9.50 Å². The topological polar surface area (TPSA) is 93.3 Å². The third-order valence-corrected chi connectivity index (χ3v) is 4.51. The van der Waals surface area contributed by atoms with Crippen molar-refractivity contribution >= 4 is 28.4 Å². The van der Waals surface area contributed by atoms with E-state index in [1.54, 1.807) is 16.8 Å². The highest BCUT2D eigenvalue weighted by Gasteiger charge is 2.13. The SMILES string of the molecule is CCn1c(CNC(=O)CNC(=O)c2cc3ccccn3n2)nc2ccccc21. The van der Waals surface area contributed by atoms with E-state index in [2.05, 4.69) is 25.3 Å². The van der Waals surface area contributed by atoms with E-state index in [0.717, 1.165) is 28.9 Å². The van der Waals surface area contributed by atoms with E-state index in [1.165, 1.54) is 0 Å². The molecule has 4 aromatic rings. The zero-order valence-electron chi connectivity index (χ0n) is 15.4. The molecule has 0 radical (unpaired) electrons. The minimum absolute atomic E-state index is 0.126. The van der Waals surface area contributed by atoms with Crippen LogP contribution in [0.25, 0.3) is 16.6 Å². The number of aryl methyl sites for hydroxylation is 1. The predicted molar refractivity (Wildman–Crippen MR) is 105 cm³/mol. The summed E-state index contributed by atoms with van der Waals surface area (Å²) in [4.78, 5) is 28.9. The number of amides is 2. The van der Waals surface area contributed by atoms with Gasteiger partial charge in [0.2, 0.25) is 5.91 Å². The molecule has 0 unspecified atom stereocenters. The second kappa shape index (κ2) is 7.51. The standard InChI is InChI=1S/C20H20N6O2/c1-2-25-17-9-4-3-8-15(17)23-18(25)12-21-19(27)13-22-20(28)16-11-14-7-5-6-10-26(14)24-16/h3-11H,2,12-13H2,1H3,(H,21,27)(H,22,28). The molecule has 8 heteroatoms. The van der Waals surface area contributed by atoms with Gasteiger partial charge in [-0.3, -0.25) is 9.59 Å². The highest BCUT2D eigenvalue weighted by molar-refractivity contribution is 5.95. The third kappa shape index (κ3) is 3.44. The molecule has 0 saturated carbocycles. The Morgan fingerprint density at radius 3 is 2.71 bits per heavy atom. The molecule has 28 heavy (non-hydrogen) atoms. The zero-order chi connectivity index (χ0) is 19.5. The fourth-order valence-electron chi connectivity index (χ4n) is 3.15. The van der Waals surface area contributed by atoms with Gasteiger partial charge in [0, 0.05) is 12.7 Å². The largest absolute Gasteiger partial charge is 0.347 e. The fourth-order valence-corrected chi connectivity index (χ4v) is 3.15. The van der Waals surface area contributed by atoms with Crippen LogP contribution in [0.1, 0.15) is 23.2 Å². The predicted octanol–water partition coefficient (Wildman–Crippen LogP) is 1.75. The van der Waals surface area contributed by atoms with Crippen molar-refractivity contribution in [2.24, 2.45) is 0 Å². The summed E-state index contributed by atoms with van der Waals surface area (Å²) in [5, 5.41) is 9.59. The molecule has 8 nitrogen and oxygen atoms in total. The van der Waals surface area contributed by atoms with Gasteiger partial charge in [-0.15, -0.1) is 0 Å². The lowest BCUT2D eigenvalue weighted by Crippen LogP contribution is -2.37. The molecule has 0 bridgehead atoms. The van der Waals surface area contributed by atoms with Crippen LogP contribution in [-0.2, 0) is 17.9 Å². The first-order valence-corrected chi connectivity index (χ1v) is 9.09. The van der Waals surface area contributed by atoms with E-state index in [-0.39, 0.29) is 24.1 Å². The van der Waals surface area contributed by atoms with E-state index in [9.17, 15) is 9.59 Å². The molecule has 0 spiro atoms. The molecule has 0 aliphatic rings. The Morgan fingerprint density at radius 2 is 1.89 bits per heavy atom. The molecule has 142 valence electrons. The van der Waals surface area contributed by atoms with Gasteiger partial charge < -0.3 is 15.2 Å². The van der Waals surface area contributed by atoms with Gasteiger partial charge in [-0.05, 0) is 37.3 Å². The maximum Gasteiger partial charge on any atom is 0.272 e. The number of nitrogens with one attached hydrogen (secondary N) is 2. The van der Waals surface area contributed by atoms with Crippen LogP contribution in [0.5, 0.6) is 0 Å². The Balaban J connectivity index is 1.35. The Morgan fingerprint density at radius 1 is 1.07 bits per heavy atom. The number of para-hydroxylation sites is 2. The minimum Gasteiger partial charge on any atom is -0.347 e. The van der Waals surface area contributed by atoms with Gasteiger partial charge in [-0.1, -0.05) is 18.2 Å². The van der Waals surface area contributed by atoms with Gasteiger partial charge >= 0.3 is 0 Å². The van der Waals surface area contributed by atoms with Crippen LogP contribution in [0.2, 0.25) is 0 Å². The van der Waals surface area contributed by atoms with Crippen molar-refractivity contribution in [3.63, 3.8) is 0 Å². The molecule has 3 aromatic heterocycles. The van der Waals surface area contributed by atoms with Gasteiger partial charge in [0.05, 0.1) is 29.6 Å². The van der Waals surface area contributed by atoms with Crippen LogP contribution in [0.4, 0.5) is 0 Å². The number of hydrogen-bond acceptors (Lipinski definition) is 4. The smallest absolute Gasteiger partial charge is 0.272 e. The number of fused-ring (bicyclic) bond motifs is 2. The maximum absolute atomic E-state index is 12.2. The van der Waals surface area contributed by atoms with Crippen molar-refractivity contribution < 1.29 is 9.59 Å². The summed E-state index contributed by atoms with van der Waals surface area (Å²) in [6, 6.07) is 15.1.